The zero-order valence-electron chi connectivity index (χ0n) is 15.3. The lowest BCUT2D eigenvalue weighted by Gasteiger charge is -2.28. The van der Waals surface area contributed by atoms with E-state index in [-0.39, 0.29) is 37.7 Å². The third kappa shape index (κ3) is 5.17. The first-order valence-electron chi connectivity index (χ1n) is 8.93. The van der Waals surface area contributed by atoms with Gasteiger partial charge in [-0.1, -0.05) is 0 Å². The lowest BCUT2D eigenvalue weighted by molar-refractivity contribution is 0.0209. The van der Waals surface area contributed by atoms with Gasteiger partial charge in [0.05, 0.1) is 36.6 Å². The molecule has 9 nitrogen and oxygen atoms in total. The average molecular weight is 425 g/mol. The molecule has 1 amide bonds. The summed E-state index contributed by atoms with van der Waals surface area (Å²) in [7, 11) is 0. The summed E-state index contributed by atoms with van der Waals surface area (Å²) >= 11 is 1.65. The second-order valence-electron chi connectivity index (χ2n) is 6.74. The Balaban J connectivity index is 0.00000225. The fourth-order valence-corrected chi connectivity index (χ4v) is 3.94. The molecule has 2 aliphatic rings. The largest absolute Gasteiger partial charge is 0.390 e. The van der Waals surface area contributed by atoms with Crippen molar-refractivity contribution in [3.8, 4) is 0 Å². The topological polar surface area (TPSA) is 113 Å². The highest BCUT2D eigenvalue weighted by atomic mass is 32.1. The van der Waals surface area contributed by atoms with Crippen LogP contribution in [0.1, 0.15) is 21.1 Å². The molecule has 0 radical (unpaired) electrons. The molecule has 0 aliphatic carbocycles. The van der Waals surface area contributed by atoms with Gasteiger partial charge in [-0.3, -0.25) is 9.69 Å². The van der Waals surface area contributed by atoms with E-state index in [4.69, 9.17) is 4.74 Å². The molecule has 0 saturated carbocycles. The average Bonchev–Trinajstić information content (AvgIpc) is 3.11. The number of amides is 1. The molecule has 0 spiro atoms. The van der Waals surface area contributed by atoms with Crippen molar-refractivity contribution >= 4 is 36.6 Å². The fraction of sp³-hybridized carbons (Fsp3) is 0.529. The third-order valence-corrected chi connectivity index (χ3v) is 5.47. The van der Waals surface area contributed by atoms with Crippen LogP contribution in [0.5, 0.6) is 0 Å². The predicted octanol–water partition coefficient (Wildman–Crippen LogP) is 0.00560. The van der Waals surface area contributed by atoms with E-state index in [1.54, 1.807) is 17.4 Å². The lowest BCUT2D eigenvalue weighted by atomic mass is 10.1. The van der Waals surface area contributed by atoms with Crippen molar-refractivity contribution in [2.24, 2.45) is 0 Å². The number of aliphatic hydroxyl groups is 1. The minimum absolute atomic E-state index is 0. The molecular formula is C17H24N6O3S2. The summed E-state index contributed by atoms with van der Waals surface area (Å²) in [4.78, 5) is 28.2. The maximum atomic E-state index is 12.3. The van der Waals surface area contributed by atoms with Gasteiger partial charge in [-0.2, -0.15) is 13.5 Å². The van der Waals surface area contributed by atoms with E-state index in [0.29, 0.717) is 25.6 Å². The molecule has 1 atom stereocenters. The highest BCUT2D eigenvalue weighted by Crippen LogP contribution is 2.21. The number of ether oxygens (including phenoxy) is 1. The first-order valence-corrected chi connectivity index (χ1v) is 9.81. The predicted molar refractivity (Wildman–Crippen MR) is 110 cm³/mol. The van der Waals surface area contributed by atoms with Crippen LogP contribution in [0.4, 0.5) is 5.82 Å². The Kier molecular flexibility index (Phi) is 7.18. The standard InChI is InChI=1S/C17H22N6O3S.H2S/c24-12(5-23-2-1-13-15(6-23)27-10-21-13)4-18-17(25)14-3-16(20-9-19-14)22-11-7-26-8-11;/h3,9-12,24H,1-2,4-8H2,(H,18,25)(H,19,20,22);1H2/t12-;/m0./s1. The minimum Gasteiger partial charge on any atom is -0.390 e. The molecule has 4 rings (SSSR count). The quantitative estimate of drug-likeness (QED) is 0.570. The Labute approximate surface area is 174 Å². The van der Waals surface area contributed by atoms with Gasteiger partial charge >= 0.3 is 0 Å². The summed E-state index contributed by atoms with van der Waals surface area (Å²) in [5.41, 5.74) is 3.31. The van der Waals surface area contributed by atoms with Crippen molar-refractivity contribution in [1.29, 1.82) is 0 Å². The van der Waals surface area contributed by atoms with Crippen molar-refractivity contribution in [3.05, 3.63) is 34.2 Å². The normalized spacial score (nSPS) is 17.8. The van der Waals surface area contributed by atoms with Crippen LogP contribution in [0.3, 0.4) is 0 Å². The molecule has 3 N–H and O–H groups in total. The molecule has 11 heteroatoms. The first kappa shape index (κ1) is 20.9. The summed E-state index contributed by atoms with van der Waals surface area (Å²) in [5.74, 6) is 0.269. The number of nitrogens with zero attached hydrogens (tertiary/aromatic N) is 4. The molecule has 152 valence electrons. The summed E-state index contributed by atoms with van der Waals surface area (Å²) < 4.78 is 5.11. The summed E-state index contributed by atoms with van der Waals surface area (Å²) in [6.45, 7) is 3.63. The van der Waals surface area contributed by atoms with Crippen LogP contribution in [0.25, 0.3) is 0 Å². The van der Waals surface area contributed by atoms with E-state index in [9.17, 15) is 9.90 Å². The van der Waals surface area contributed by atoms with E-state index in [0.717, 1.165) is 19.5 Å². The van der Waals surface area contributed by atoms with Gasteiger partial charge in [0.2, 0.25) is 0 Å². The van der Waals surface area contributed by atoms with Gasteiger partial charge in [0, 0.05) is 43.5 Å². The third-order valence-electron chi connectivity index (χ3n) is 4.61. The number of hydrogen-bond acceptors (Lipinski definition) is 9. The Morgan fingerprint density at radius 1 is 1.39 bits per heavy atom. The fourth-order valence-electron chi connectivity index (χ4n) is 3.08. The second kappa shape index (κ2) is 9.61. The summed E-state index contributed by atoms with van der Waals surface area (Å²) in [6.07, 6.45) is 1.61. The molecular weight excluding hydrogens is 400 g/mol. The highest BCUT2D eigenvalue weighted by Gasteiger charge is 2.22. The van der Waals surface area contributed by atoms with Crippen molar-refractivity contribution in [3.63, 3.8) is 0 Å². The number of thiazole rings is 1. The molecule has 1 saturated heterocycles. The van der Waals surface area contributed by atoms with Crippen LogP contribution in [0.15, 0.2) is 17.9 Å². The van der Waals surface area contributed by atoms with E-state index >= 15 is 0 Å². The molecule has 0 bridgehead atoms. The molecule has 1 fully saturated rings. The summed E-state index contributed by atoms with van der Waals surface area (Å²) in [5, 5.41) is 16.2. The molecule has 0 aromatic carbocycles. The second-order valence-corrected chi connectivity index (χ2v) is 7.68. The Morgan fingerprint density at radius 3 is 3.04 bits per heavy atom. The maximum absolute atomic E-state index is 12.3. The first-order chi connectivity index (χ1) is 13.2. The molecule has 2 aliphatic heterocycles. The SMILES string of the molecule is O=C(NC[C@H](O)CN1CCc2ncsc2C1)c1cc(NC2COC2)ncn1.S. The number of anilines is 1. The van der Waals surface area contributed by atoms with Gasteiger partial charge in [-0.25, -0.2) is 15.0 Å². The number of β-amino-alcohol motifs (C(OH)–C–C–N with tert-alkyl or cyclic N) is 1. The van der Waals surface area contributed by atoms with E-state index in [2.05, 4.69) is 30.5 Å². The van der Waals surface area contributed by atoms with Crippen molar-refractivity contribution in [2.45, 2.75) is 25.1 Å². The number of rotatable bonds is 7. The van der Waals surface area contributed by atoms with Gasteiger partial charge in [-0.15, -0.1) is 11.3 Å². The number of fused-ring (bicyclic) bond motifs is 1. The number of carbonyl (C=O) groups excluding carboxylic acids is 1. The van der Waals surface area contributed by atoms with Crippen LogP contribution >= 0.6 is 24.8 Å². The van der Waals surface area contributed by atoms with Crippen molar-refractivity contribution in [1.82, 2.24) is 25.2 Å². The van der Waals surface area contributed by atoms with Crippen LogP contribution in [0.2, 0.25) is 0 Å². The monoisotopic (exact) mass is 424 g/mol. The smallest absolute Gasteiger partial charge is 0.270 e. The molecule has 28 heavy (non-hydrogen) atoms. The maximum Gasteiger partial charge on any atom is 0.270 e. The number of nitrogens with one attached hydrogen (secondary N) is 2. The highest BCUT2D eigenvalue weighted by molar-refractivity contribution is 7.59. The van der Waals surface area contributed by atoms with Crippen LogP contribution < -0.4 is 10.6 Å². The van der Waals surface area contributed by atoms with Crippen LogP contribution in [-0.2, 0) is 17.7 Å². The van der Waals surface area contributed by atoms with E-state index in [1.807, 2.05) is 5.51 Å². The van der Waals surface area contributed by atoms with Gasteiger partial charge in [0.25, 0.3) is 5.91 Å². The Bertz CT molecular complexity index is 801. The van der Waals surface area contributed by atoms with E-state index in [1.165, 1.54) is 16.9 Å². The number of aromatic nitrogens is 3. The number of carbonyl (C=O) groups is 1. The Morgan fingerprint density at radius 2 is 2.25 bits per heavy atom. The van der Waals surface area contributed by atoms with Gasteiger partial charge < -0.3 is 20.5 Å². The lowest BCUT2D eigenvalue weighted by Crippen LogP contribution is -2.42. The molecule has 2 aromatic heterocycles. The number of hydrogen-bond donors (Lipinski definition) is 3. The number of aliphatic hydroxyl groups excluding tert-OH is 1. The van der Waals surface area contributed by atoms with Crippen LogP contribution in [-0.4, -0.2) is 75.9 Å². The minimum atomic E-state index is -0.644. The van der Waals surface area contributed by atoms with Gasteiger partial charge in [0.15, 0.2) is 0 Å². The van der Waals surface area contributed by atoms with Crippen molar-refractivity contribution in [2.75, 3.05) is 38.2 Å². The van der Waals surface area contributed by atoms with Gasteiger partial charge in [-0.05, 0) is 0 Å². The molecule has 0 unspecified atom stereocenters. The van der Waals surface area contributed by atoms with Crippen LogP contribution in [0, 0.1) is 0 Å². The summed E-state index contributed by atoms with van der Waals surface area (Å²) in [6, 6.07) is 1.83. The van der Waals surface area contributed by atoms with Crippen molar-refractivity contribution < 1.29 is 14.6 Å². The zero-order valence-corrected chi connectivity index (χ0v) is 17.1. The van der Waals surface area contributed by atoms with E-state index < -0.39 is 6.10 Å². The Hall–Kier alpha value is -1.79. The molecule has 4 heterocycles. The van der Waals surface area contributed by atoms with Gasteiger partial charge in [0.1, 0.15) is 17.8 Å². The molecule has 2 aromatic rings. The zero-order chi connectivity index (χ0) is 18.6.